The second kappa shape index (κ2) is 12.7. The molecule has 3 aliphatic rings. The number of ether oxygens (including phenoxy) is 3. The highest BCUT2D eigenvalue weighted by Crippen LogP contribution is 2.50. The van der Waals surface area contributed by atoms with Crippen molar-refractivity contribution in [2.24, 2.45) is 0 Å². The number of non-ortho nitro benzene ring substituents is 1. The summed E-state index contributed by atoms with van der Waals surface area (Å²) in [5, 5.41) is 11.0. The average molecular weight is 561 g/mol. The molecule has 9 heteroatoms. The molecule has 9 nitrogen and oxygen atoms in total. The summed E-state index contributed by atoms with van der Waals surface area (Å²) >= 11 is 0. The second-order valence-electron chi connectivity index (χ2n) is 10.6. The topological polar surface area (TPSA) is 108 Å². The van der Waals surface area contributed by atoms with E-state index in [4.69, 9.17) is 14.2 Å². The first kappa shape index (κ1) is 28.5. The van der Waals surface area contributed by atoms with E-state index in [9.17, 15) is 19.7 Å². The molecular formula is C32H36N2O7. The smallest absolute Gasteiger partial charge is 0.269 e. The Labute approximate surface area is 239 Å². The number of carbonyl (C=O) groups excluding carboxylic acids is 2. The van der Waals surface area contributed by atoms with Crippen molar-refractivity contribution in [1.29, 1.82) is 0 Å². The Balaban J connectivity index is 1.51. The molecule has 5 rings (SSSR count). The first-order valence-electron chi connectivity index (χ1n) is 14.3. The van der Waals surface area contributed by atoms with E-state index in [2.05, 4.69) is 4.90 Å². The lowest BCUT2D eigenvalue weighted by Gasteiger charge is -2.44. The van der Waals surface area contributed by atoms with Gasteiger partial charge in [0.15, 0.2) is 23.1 Å². The van der Waals surface area contributed by atoms with Crippen molar-refractivity contribution in [1.82, 2.24) is 4.90 Å². The van der Waals surface area contributed by atoms with Crippen LogP contribution in [0.15, 0.2) is 65.0 Å². The van der Waals surface area contributed by atoms with Crippen molar-refractivity contribution in [3.63, 3.8) is 0 Å². The largest absolute Gasteiger partial charge is 0.490 e. The Bertz CT molecular complexity index is 1350. The molecule has 216 valence electrons. The summed E-state index contributed by atoms with van der Waals surface area (Å²) in [4.78, 5) is 39.8. The molecule has 0 N–H and O–H groups in total. The molecule has 0 aromatic heterocycles. The van der Waals surface area contributed by atoms with Crippen LogP contribution < -0.4 is 9.47 Å². The number of nitro groups is 1. The van der Waals surface area contributed by atoms with E-state index in [1.54, 1.807) is 19.2 Å². The van der Waals surface area contributed by atoms with Crippen LogP contribution in [0.5, 0.6) is 11.5 Å². The van der Waals surface area contributed by atoms with Gasteiger partial charge in [0.2, 0.25) is 0 Å². The zero-order valence-electron chi connectivity index (χ0n) is 23.6. The van der Waals surface area contributed by atoms with Crippen molar-refractivity contribution in [3.8, 4) is 11.5 Å². The first-order chi connectivity index (χ1) is 19.9. The van der Waals surface area contributed by atoms with Crippen LogP contribution in [0.25, 0.3) is 0 Å². The van der Waals surface area contributed by atoms with Crippen LogP contribution in [0.1, 0.15) is 68.9 Å². The summed E-state index contributed by atoms with van der Waals surface area (Å²) in [6.07, 6.45) is 5.00. The molecule has 0 radical (unpaired) electrons. The highest BCUT2D eigenvalue weighted by molar-refractivity contribution is 6.06. The summed E-state index contributed by atoms with van der Waals surface area (Å²) < 4.78 is 17.4. The van der Waals surface area contributed by atoms with Gasteiger partial charge in [-0.3, -0.25) is 19.7 Å². The molecule has 41 heavy (non-hydrogen) atoms. The van der Waals surface area contributed by atoms with E-state index < -0.39 is 10.8 Å². The minimum Gasteiger partial charge on any atom is -0.490 e. The summed E-state index contributed by atoms with van der Waals surface area (Å²) in [5.41, 5.74) is 5.23. The van der Waals surface area contributed by atoms with E-state index in [0.29, 0.717) is 37.6 Å². The van der Waals surface area contributed by atoms with E-state index in [-0.39, 0.29) is 23.9 Å². The molecule has 0 atom stereocenters. The number of hydrogen-bond donors (Lipinski definition) is 0. The standard InChI is InChI=1S/C32H36N2O7/c1-3-40-29-19-22(13-16-28(29)41-20-21-11-14-23(15-12-21)34(37)38)30-31-24(7-4-9-26(31)35)33(17-6-18-39-2)25-8-5-10-27(36)32(25)30/h11-16,19,30H,3-10,17-18,20H2,1-2H3. The summed E-state index contributed by atoms with van der Waals surface area (Å²) in [6, 6.07) is 11.9. The number of nitrogens with zero attached hydrogens (tertiary/aromatic N) is 2. The van der Waals surface area contributed by atoms with Gasteiger partial charge in [-0.15, -0.1) is 0 Å². The molecule has 1 heterocycles. The fraction of sp³-hybridized carbons (Fsp3) is 0.438. The van der Waals surface area contributed by atoms with Crippen molar-refractivity contribution >= 4 is 17.3 Å². The van der Waals surface area contributed by atoms with Crippen LogP contribution in [-0.2, 0) is 20.9 Å². The van der Waals surface area contributed by atoms with Crippen LogP contribution in [0.3, 0.4) is 0 Å². The molecule has 0 fully saturated rings. The number of nitro benzene ring substituents is 1. The molecule has 0 bridgehead atoms. The third kappa shape index (κ3) is 5.91. The monoisotopic (exact) mass is 560 g/mol. The predicted octanol–water partition coefficient (Wildman–Crippen LogP) is 6.02. The van der Waals surface area contributed by atoms with Crippen LogP contribution >= 0.6 is 0 Å². The van der Waals surface area contributed by atoms with Crippen molar-refractivity contribution in [2.75, 3.05) is 26.9 Å². The molecule has 0 unspecified atom stereocenters. The zero-order chi connectivity index (χ0) is 28.9. The van der Waals surface area contributed by atoms with E-state index >= 15 is 0 Å². The van der Waals surface area contributed by atoms with Gasteiger partial charge in [-0.25, -0.2) is 0 Å². The van der Waals surface area contributed by atoms with Gasteiger partial charge < -0.3 is 19.1 Å². The normalized spacial score (nSPS) is 17.5. The van der Waals surface area contributed by atoms with Gasteiger partial charge in [-0.2, -0.15) is 0 Å². The number of allylic oxidation sites excluding steroid dienone is 4. The summed E-state index contributed by atoms with van der Waals surface area (Å²) in [6.45, 7) is 3.85. The van der Waals surface area contributed by atoms with E-state index in [1.165, 1.54) is 12.1 Å². The van der Waals surface area contributed by atoms with Gasteiger partial charge in [-0.1, -0.05) is 6.07 Å². The van der Waals surface area contributed by atoms with Crippen LogP contribution in [0, 0.1) is 10.1 Å². The maximum Gasteiger partial charge on any atom is 0.269 e. The molecule has 1 aliphatic heterocycles. The average Bonchev–Trinajstić information content (AvgIpc) is 2.97. The quantitative estimate of drug-likeness (QED) is 0.186. The zero-order valence-corrected chi connectivity index (χ0v) is 23.6. The fourth-order valence-corrected chi connectivity index (χ4v) is 6.15. The second-order valence-corrected chi connectivity index (χ2v) is 10.6. The van der Waals surface area contributed by atoms with Crippen LogP contribution in [0.4, 0.5) is 5.69 Å². The van der Waals surface area contributed by atoms with Crippen LogP contribution in [0.2, 0.25) is 0 Å². The Morgan fingerprint density at radius 1 is 0.902 bits per heavy atom. The molecule has 2 aromatic carbocycles. The van der Waals surface area contributed by atoms with Gasteiger partial charge in [0, 0.05) is 73.7 Å². The third-order valence-electron chi connectivity index (χ3n) is 7.96. The number of hydrogen-bond acceptors (Lipinski definition) is 8. The predicted molar refractivity (Wildman–Crippen MR) is 153 cm³/mol. The summed E-state index contributed by atoms with van der Waals surface area (Å²) in [5.74, 6) is 0.843. The van der Waals surface area contributed by atoms with Gasteiger partial charge in [-0.05, 0) is 74.4 Å². The highest BCUT2D eigenvalue weighted by atomic mass is 16.6. The lowest BCUT2D eigenvalue weighted by Crippen LogP contribution is -2.39. The van der Waals surface area contributed by atoms with Crippen LogP contribution in [-0.4, -0.2) is 48.3 Å². The lowest BCUT2D eigenvalue weighted by molar-refractivity contribution is -0.384. The van der Waals surface area contributed by atoms with E-state index in [1.807, 2.05) is 25.1 Å². The lowest BCUT2D eigenvalue weighted by atomic mass is 9.71. The molecule has 0 saturated carbocycles. The molecular weight excluding hydrogens is 524 g/mol. The number of ketones is 2. The van der Waals surface area contributed by atoms with Crippen molar-refractivity contribution in [2.45, 2.75) is 64.4 Å². The van der Waals surface area contributed by atoms with Gasteiger partial charge in [0.25, 0.3) is 5.69 Å². The Kier molecular flexibility index (Phi) is 8.83. The Hall–Kier alpha value is -3.98. The van der Waals surface area contributed by atoms with Crippen molar-refractivity contribution < 1.29 is 28.7 Å². The number of methoxy groups -OCH3 is 1. The molecule has 0 saturated heterocycles. The number of Topliss-reactive ketones (excluding diaryl/α,β-unsaturated/α-hetero) is 2. The Morgan fingerprint density at radius 3 is 2.15 bits per heavy atom. The molecule has 2 aliphatic carbocycles. The minimum atomic E-state index is -0.434. The minimum absolute atomic E-state index is 0.0229. The first-order valence-corrected chi connectivity index (χ1v) is 14.3. The SMILES string of the molecule is CCOc1cc(C2C3=C(CCCC3=O)N(CCCOC)C3=C2C(=O)CCC3)ccc1OCc1ccc([N+](=O)[O-])cc1. The fourth-order valence-electron chi connectivity index (χ4n) is 6.15. The van der Waals surface area contributed by atoms with E-state index in [0.717, 1.165) is 72.3 Å². The molecule has 0 spiro atoms. The maximum atomic E-state index is 13.5. The number of benzene rings is 2. The van der Waals surface area contributed by atoms with Crippen molar-refractivity contribution in [3.05, 3.63) is 86.2 Å². The Morgan fingerprint density at radius 2 is 1.56 bits per heavy atom. The highest BCUT2D eigenvalue weighted by Gasteiger charge is 2.43. The summed E-state index contributed by atoms with van der Waals surface area (Å²) in [7, 11) is 1.69. The third-order valence-corrected chi connectivity index (χ3v) is 7.96. The molecule has 0 amide bonds. The maximum absolute atomic E-state index is 13.5. The van der Waals surface area contributed by atoms with Gasteiger partial charge in [0.1, 0.15) is 6.61 Å². The van der Waals surface area contributed by atoms with Gasteiger partial charge in [0.05, 0.1) is 11.5 Å². The van der Waals surface area contributed by atoms with Gasteiger partial charge >= 0.3 is 0 Å². The number of carbonyl (C=O) groups is 2. The molecule has 2 aromatic rings. The number of rotatable bonds is 11.